The van der Waals surface area contributed by atoms with Crippen molar-refractivity contribution in [2.24, 2.45) is 22.2 Å². The molecule has 1 saturated heterocycles. The molecule has 2 aromatic carbocycles. The van der Waals surface area contributed by atoms with E-state index >= 15 is 0 Å². The molecule has 3 aliphatic rings. The third-order valence-corrected chi connectivity index (χ3v) is 13.1. The molecular weight excluding hydrogens is 603 g/mol. The van der Waals surface area contributed by atoms with Crippen LogP contribution in [0.3, 0.4) is 0 Å². The first kappa shape index (κ1) is 32.6. The molecule has 0 aromatic heterocycles. The van der Waals surface area contributed by atoms with Crippen molar-refractivity contribution in [1.29, 1.82) is 5.26 Å². The molecular formula is C32H41N3O7S2. The van der Waals surface area contributed by atoms with Gasteiger partial charge in [0.2, 0.25) is 10.0 Å². The van der Waals surface area contributed by atoms with Gasteiger partial charge in [0.05, 0.1) is 17.2 Å². The Morgan fingerprint density at radius 1 is 1.02 bits per heavy atom. The van der Waals surface area contributed by atoms with Gasteiger partial charge in [-0.25, -0.2) is 8.42 Å². The van der Waals surface area contributed by atoms with E-state index in [1.54, 1.807) is 26.0 Å². The molecule has 1 aliphatic heterocycles. The van der Waals surface area contributed by atoms with Gasteiger partial charge >= 0.3 is 0 Å². The number of rotatable bonds is 9. The molecule has 44 heavy (non-hydrogen) atoms. The first-order chi connectivity index (χ1) is 20.5. The predicted molar refractivity (Wildman–Crippen MR) is 165 cm³/mol. The van der Waals surface area contributed by atoms with E-state index in [0.717, 1.165) is 17.7 Å². The van der Waals surface area contributed by atoms with Crippen LogP contribution in [0.5, 0.6) is 11.5 Å². The Bertz CT molecular complexity index is 1720. The van der Waals surface area contributed by atoms with Crippen molar-refractivity contribution >= 4 is 25.9 Å². The molecule has 0 radical (unpaired) electrons. The second kappa shape index (κ2) is 11.2. The zero-order valence-electron chi connectivity index (χ0n) is 26.0. The summed E-state index contributed by atoms with van der Waals surface area (Å²) in [6.07, 6.45) is 0.626. The lowest BCUT2D eigenvalue weighted by atomic mass is 9.67. The Morgan fingerprint density at radius 2 is 1.66 bits per heavy atom. The summed E-state index contributed by atoms with van der Waals surface area (Å²) < 4.78 is 69.9. The van der Waals surface area contributed by atoms with Crippen molar-refractivity contribution in [3.63, 3.8) is 0 Å². The molecule has 10 nitrogen and oxygen atoms in total. The Balaban J connectivity index is 1.58. The van der Waals surface area contributed by atoms with Crippen molar-refractivity contribution in [2.45, 2.75) is 58.8 Å². The van der Waals surface area contributed by atoms with E-state index in [1.807, 2.05) is 39.0 Å². The van der Waals surface area contributed by atoms with Gasteiger partial charge in [-0.05, 0) is 91.9 Å². The van der Waals surface area contributed by atoms with E-state index in [4.69, 9.17) is 4.74 Å². The lowest BCUT2D eigenvalue weighted by Crippen LogP contribution is -2.48. The Hall–Kier alpha value is -2.82. The number of fused-ring (bicyclic) bond motifs is 2. The molecule has 12 heteroatoms. The maximum atomic E-state index is 14.2. The summed E-state index contributed by atoms with van der Waals surface area (Å²) in [7, 11) is -8.54. The van der Waals surface area contributed by atoms with E-state index in [9.17, 15) is 31.4 Å². The van der Waals surface area contributed by atoms with Gasteiger partial charge < -0.3 is 9.64 Å². The zero-order valence-corrected chi connectivity index (χ0v) is 27.6. The minimum absolute atomic E-state index is 0.0466. The molecule has 2 aliphatic carbocycles. The summed E-state index contributed by atoms with van der Waals surface area (Å²) in [6.45, 7) is 12.1. The number of ether oxygens (including phenoxy) is 1. The smallest absolute Gasteiger partial charge is 0.265 e. The highest BCUT2D eigenvalue weighted by atomic mass is 32.2. The molecule has 3 fully saturated rings. The van der Waals surface area contributed by atoms with Gasteiger partial charge in [-0.2, -0.15) is 18.0 Å². The molecule has 2 saturated carbocycles. The van der Waals surface area contributed by atoms with Crippen LogP contribution in [0.2, 0.25) is 0 Å². The minimum atomic E-state index is -4.51. The van der Waals surface area contributed by atoms with Crippen LogP contribution in [0.1, 0.15) is 50.3 Å². The number of nitriles is 1. The largest absolute Gasteiger partial charge is 0.456 e. The Labute approximate surface area is 260 Å². The van der Waals surface area contributed by atoms with Crippen molar-refractivity contribution < 1.29 is 30.9 Å². The minimum Gasteiger partial charge on any atom is -0.456 e. The number of hydrogen-bond acceptors (Lipinski definition) is 8. The second-order valence-corrected chi connectivity index (χ2v) is 16.6. The van der Waals surface area contributed by atoms with Crippen LogP contribution in [0.4, 0.5) is 0 Å². The maximum absolute atomic E-state index is 14.2. The number of aryl methyl sites for hydroxylation is 2. The van der Waals surface area contributed by atoms with Gasteiger partial charge in [-0.1, -0.05) is 32.9 Å². The summed E-state index contributed by atoms with van der Waals surface area (Å²) in [6, 6.07) is 12.6. The van der Waals surface area contributed by atoms with Crippen molar-refractivity contribution in [3.05, 3.63) is 53.1 Å². The number of nitrogens with zero attached hydrogens (tertiary/aromatic N) is 3. The van der Waals surface area contributed by atoms with Gasteiger partial charge in [-0.15, -0.1) is 0 Å². The van der Waals surface area contributed by atoms with Gasteiger partial charge in [0.15, 0.2) is 5.78 Å². The summed E-state index contributed by atoms with van der Waals surface area (Å²) in [5.41, 5.74) is -1.45. The SMILES string of the molecule is CCN1CCN(S(=O)(=O)c2cc(CC3(C#N)C(=O)C4(CS(=O)(=O)O)CCC3C4(C)C)ccc2Oc2cc(C)cc(C)c2)CC1. The molecule has 0 spiro atoms. The molecule has 1 heterocycles. The summed E-state index contributed by atoms with van der Waals surface area (Å²) >= 11 is 0. The quantitative estimate of drug-likeness (QED) is 0.394. The van der Waals surface area contributed by atoms with E-state index in [-0.39, 0.29) is 23.5 Å². The van der Waals surface area contributed by atoms with Crippen LogP contribution >= 0.6 is 0 Å². The Morgan fingerprint density at radius 3 is 2.23 bits per heavy atom. The normalized spacial score (nSPS) is 27.4. The van der Waals surface area contributed by atoms with Crippen molar-refractivity contribution in [3.8, 4) is 17.6 Å². The number of likely N-dealkylation sites (N-methyl/N-ethyl adjacent to an activating group) is 1. The molecule has 5 rings (SSSR count). The maximum Gasteiger partial charge on any atom is 0.265 e. The van der Waals surface area contributed by atoms with Crippen LogP contribution < -0.4 is 4.74 Å². The van der Waals surface area contributed by atoms with Gasteiger partial charge in [0.1, 0.15) is 21.8 Å². The number of carbonyl (C=O) groups is 1. The van der Waals surface area contributed by atoms with Gasteiger partial charge in [0.25, 0.3) is 10.1 Å². The lowest BCUT2D eigenvalue weighted by Gasteiger charge is -2.35. The summed E-state index contributed by atoms with van der Waals surface area (Å²) in [4.78, 5) is 16.3. The highest BCUT2D eigenvalue weighted by Gasteiger charge is 2.75. The first-order valence-electron chi connectivity index (χ1n) is 15.0. The molecule has 2 aromatic rings. The number of benzene rings is 2. The van der Waals surface area contributed by atoms with Crippen LogP contribution in [0.15, 0.2) is 41.3 Å². The van der Waals surface area contributed by atoms with Crippen molar-refractivity contribution in [1.82, 2.24) is 9.21 Å². The van der Waals surface area contributed by atoms with E-state index < -0.39 is 53.8 Å². The Kier molecular flexibility index (Phi) is 8.30. The summed E-state index contributed by atoms with van der Waals surface area (Å²) in [5, 5.41) is 10.6. The monoisotopic (exact) mass is 643 g/mol. The molecule has 1 N–H and O–H groups in total. The number of ketones is 1. The summed E-state index contributed by atoms with van der Waals surface area (Å²) in [5.74, 6) is -1.07. The van der Waals surface area contributed by atoms with Crippen LogP contribution in [-0.2, 0) is 31.4 Å². The van der Waals surface area contributed by atoms with Crippen LogP contribution in [-0.4, -0.2) is 74.9 Å². The number of piperazine rings is 1. The molecule has 238 valence electrons. The van der Waals surface area contributed by atoms with Gasteiger partial charge in [-0.3, -0.25) is 9.35 Å². The average Bonchev–Trinajstić information content (AvgIpc) is 3.26. The highest BCUT2D eigenvalue weighted by Crippen LogP contribution is 2.71. The van der Waals surface area contributed by atoms with Crippen molar-refractivity contribution in [2.75, 3.05) is 38.5 Å². The second-order valence-electron chi connectivity index (χ2n) is 13.3. The fraction of sp³-hybridized carbons (Fsp3) is 0.562. The zero-order chi connectivity index (χ0) is 32.3. The number of carbonyl (C=O) groups excluding carboxylic acids is 1. The molecule has 2 bridgehead atoms. The fourth-order valence-electron chi connectivity index (χ4n) is 8.08. The van der Waals surface area contributed by atoms with E-state index in [0.29, 0.717) is 43.9 Å². The number of hydrogen-bond donors (Lipinski definition) is 1. The molecule has 3 atom stereocenters. The van der Waals surface area contributed by atoms with Gasteiger partial charge in [0, 0.05) is 26.2 Å². The van der Waals surface area contributed by atoms with Crippen LogP contribution in [0.25, 0.3) is 0 Å². The van der Waals surface area contributed by atoms with Crippen LogP contribution in [0, 0.1) is 47.3 Å². The third kappa shape index (κ3) is 5.36. The first-order valence-corrected chi connectivity index (χ1v) is 18.1. The number of Topliss-reactive ketones (excluding diaryl/α,β-unsaturated/α-hetero) is 1. The third-order valence-electron chi connectivity index (χ3n) is 10.3. The fourth-order valence-corrected chi connectivity index (χ4v) is 10.9. The topological polar surface area (TPSA) is 145 Å². The van der Waals surface area contributed by atoms with E-state index in [1.165, 1.54) is 10.4 Å². The van der Waals surface area contributed by atoms with E-state index in [2.05, 4.69) is 11.0 Å². The molecule has 0 amide bonds. The molecule has 3 unspecified atom stereocenters. The number of sulfonamides is 1. The predicted octanol–water partition coefficient (Wildman–Crippen LogP) is 4.37. The average molecular weight is 644 g/mol. The highest BCUT2D eigenvalue weighted by molar-refractivity contribution is 7.89. The lowest BCUT2D eigenvalue weighted by molar-refractivity contribution is -0.134. The standard InChI is InChI=1S/C32H41N3O7S2/c1-6-34-11-13-35(14-12-34)44(40,41)27-18-24(7-8-26(27)42-25-16-22(2)15-23(3)17-25)19-31(20-33)28-9-10-32(29(31)36,30(28,4)5)21-43(37,38)39/h7-8,15-18,28H,6,9-14,19,21H2,1-5H3,(H,37,38,39).